The van der Waals surface area contributed by atoms with Gasteiger partial charge < -0.3 is 10.2 Å². The zero-order chi connectivity index (χ0) is 14.2. The highest BCUT2D eigenvalue weighted by Crippen LogP contribution is 2.11. The summed E-state index contributed by atoms with van der Waals surface area (Å²) in [6.07, 6.45) is 5.04. The van der Waals surface area contributed by atoms with Crippen molar-refractivity contribution in [1.29, 1.82) is 0 Å². The molecule has 2 nitrogen and oxygen atoms in total. The minimum absolute atomic E-state index is 0.717. The van der Waals surface area contributed by atoms with Gasteiger partial charge in [0.05, 0.1) is 0 Å². The van der Waals surface area contributed by atoms with Gasteiger partial charge in [0.1, 0.15) is 0 Å². The molecule has 1 aliphatic rings. The number of rotatable bonds is 5. The summed E-state index contributed by atoms with van der Waals surface area (Å²) in [4.78, 5) is 2.68. The van der Waals surface area contributed by atoms with E-state index in [4.69, 9.17) is 0 Å². The average molecular weight is 274 g/mol. The quantitative estimate of drug-likeness (QED) is 0.886. The fourth-order valence-electron chi connectivity index (χ4n) is 3.11. The minimum Gasteiger partial charge on any atom is -0.314 e. The van der Waals surface area contributed by atoms with Crippen LogP contribution in [0.5, 0.6) is 0 Å². The summed E-state index contributed by atoms with van der Waals surface area (Å²) in [5, 5.41) is 3.70. The van der Waals surface area contributed by atoms with Crippen molar-refractivity contribution in [2.75, 3.05) is 26.2 Å². The highest BCUT2D eigenvalue weighted by atomic mass is 15.1. The third-order valence-corrected chi connectivity index (χ3v) is 4.39. The summed E-state index contributed by atoms with van der Waals surface area (Å²) < 4.78 is 0. The van der Waals surface area contributed by atoms with Gasteiger partial charge in [-0.25, -0.2) is 0 Å². The second-order valence-corrected chi connectivity index (χ2v) is 6.30. The molecule has 0 aliphatic carbocycles. The molecule has 0 spiro atoms. The molecule has 1 aromatic carbocycles. The van der Waals surface area contributed by atoms with Crippen LogP contribution in [0.4, 0.5) is 0 Å². The van der Waals surface area contributed by atoms with Crippen LogP contribution in [0.25, 0.3) is 0 Å². The van der Waals surface area contributed by atoms with Gasteiger partial charge in [0.25, 0.3) is 0 Å². The van der Waals surface area contributed by atoms with E-state index in [0.717, 1.165) is 12.0 Å². The van der Waals surface area contributed by atoms with E-state index in [9.17, 15) is 0 Å². The van der Waals surface area contributed by atoms with E-state index in [1.165, 1.54) is 57.4 Å². The molecule has 2 atom stereocenters. The van der Waals surface area contributed by atoms with Crippen molar-refractivity contribution in [1.82, 2.24) is 10.2 Å². The van der Waals surface area contributed by atoms with Gasteiger partial charge in [-0.15, -0.1) is 0 Å². The van der Waals surface area contributed by atoms with Crippen LogP contribution in [0.2, 0.25) is 0 Å². The second-order valence-electron chi connectivity index (χ2n) is 6.30. The Morgan fingerprint density at radius 3 is 2.80 bits per heavy atom. The van der Waals surface area contributed by atoms with E-state index in [2.05, 4.69) is 54.4 Å². The molecule has 0 bridgehead atoms. The minimum atomic E-state index is 0.717. The molecule has 0 amide bonds. The lowest BCUT2D eigenvalue weighted by atomic mass is 10.0. The van der Waals surface area contributed by atoms with Crippen molar-refractivity contribution in [3.63, 3.8) is 0 Å². The van der Waals surface area contributed by atoms with Crippen LogP contribution < -0.4 is 5.32 Å². The smallest absolute Gasteiger partial charge is 0.00767 e. The van der Waals surface area contributed by atoms with E-state index >= 15 is 0 Å². The van der Waals surface area contributed by atoms with Crippen LogP contribution in [-0.4, -0.2) is 37.1 Å². The lowest BCUT2D eigenvalue weighted by Gasteiger charge is -2.32. The first kappa shape index (κ1) is 15.5. The van der Waals surface area contributed by atoms with Gasteiger partial charge >= 0.3 is 0 Å². The monoisotopic (exact) mass is 274 g/mol. The van der Waals surface area contributed by atoms with Crippen molar-refractivity contribution in [2.24, 2.45) is 5.92 Å². The van der Waals surface area contributed by atoms with E-state index < -0.39 is 0 Å². The number of benzene rings is 1. The lowest BCUT2D eigenvalue weighted by Crippen LogP contribution is -2.43. The molecule has 2 unspecified atom stereocenters. The molecule has 2 rings (SSSR count). The zero-order valence-electron chi connectivity index (χ0n) is 13.1. The zero-order valence-corrected chi connectivity index (χ0v) is 13.1. The molecule has 1 aliphatic heterocycles. The Morgan fingerprint density at radius 1 is 1.25 bits per heavy atom. The van der Waals surface area contributed by atoms with Gasteiger partial charge in [0.15, 0.2) is 0 Å². The van der Waals surface area contributed by atoms with Gasteiger partial charge in [-0.1, -0.05) is 44.2 Å². The van der Waals surface area contributed by atoms with E-state index in [-0.39, 0.29) is 0 Å². The number of hydrogen-bond acceptors (Lipinski definition) is 2. The number of hydrogen-bond donors (Lipinski definition) is 1. The third kappa shape index (κ3) is 5.26. The summed E-state index contributed by atoms with van der Waals surface area (Å²) in [7, 11) is 0. The number of nitrogens with zero attached hydrogens (tertiary/aromatic N) is 1. The van der Waals surface area contributed by atoms with Crippen molar-refractivity contribution in [2.45, 2.75) is 45.6 Å². The molecule has 1 fully saturated rings. The van der Waals surface area contributed by atoms with Crippen LogP contribution in [0.1, 0.15) is 38.7 Å². The Labute approximate surface area is 124 Å². The molecule has 1 saturated heterocycles. The Morgan fingerprint density at radius 2 is 2.05 bits per heavy atom. The highest BCUT2D eigenvalue weighted by molar-refractivity contribution is 5.14. The standard InChI is InChI=1S/C18H30N2/c1-3-18-11-13-20(15-16(2)14-19-18)12-7-10-17-8-5-4-6-9-17/h4-6,8-9,16,18-19H,3,7,10-15H2,1-2H3. The van der Waals surface area contributed by atoms with Gasteiger partial charge in [0.2, 0.25) is 0 Å². The van der Waals surface area contributed by atoms with Crippen LogP contribution in [0.3, 0.4) is 0 Å². The Kier molecular flexibility index (Phi) is 6.55. The molecule has 1 N–H and O–H groups in total. The van der Waals surface area contributed by atoms with Gasteiger partial charge in [-0.2, -0.15) is 0 Å². The molecule has 0 aromatic heterocycles. The topological polar surface area (TPSA) is 15.3 Å². The van der Waals surface area contributed by atoms with Crippen LogP contribution >= 0.6 is 0 Å². The maximum atomic E-state index is 3.70. The normalized spacial score (nSPS) is 25.1. The Hall–Kier alpha value is -0.860. The second kappa shape index (κ2) is 8.43. The molecule has 2 heteroatoms. The molecule has 0 radical (unpaired) electrons. The van der Waals surface area contributed by atoms with Gasteiger partial charge in [-0.05, 0) is 56.8 Å². The first-order valence-electron chi connectivity index (χ1n) is 8.27. The first-order valence-corrected chi connectivity index (χ1v) is 8.27. The number of aryl methyl sites for hydroxylation is 1. The average Bonchev–Trinajstić information content (AvgIpc) is 2.46. The van der Waals surface area contributed by atoms with Crippen LogP contribution in [0.15, 0.2) is 30.3 Å². The van der Waals surface area contributed by atoms with Crippen LogP contribution in [0, 0.1) is 5.92 Å². The Bertz CT molecular complexity index is 363. The maximum absolute atomic E-state index is 3.70. The summed E-state index contributed by atoms with van der Waals surface area (Å²) in [5.41, 5.74) is 1.47. The molecular weight excluding hydrogens is 244 g/mol. The summed E-state index contributed by atoms with van der Waals surface area (Å²) in [6, 6.07) is 11.6. The van der Waals surface area contributed by atoms with Crippen molar-refractivity contribution >= 4 is 0 Å². The molecular formula is C18H30N2. The largest absolute Gasteiger partial charge is 0.314 e. The summed E-state index contributed by atoms with van der Waals surface area (Å²) in [5.74, 6) is 0.765. The third-order valence-electron chi connectivity index (χ3n) is 4.39. The van der Waals surface area contributed by atoms with Crippen LogP contribution in [-0.2, 0) is 6.42 Å². The van der Waals surface area contributed by atoms with Crippen molar-refractivity contribution < 1.29 is 0 Å². The number of nitrogens with one attached hydrogen (secondary N) is 1. The molecule has 20 heavy (non-hydrogen) atoms. The van der Waals surface area contributed by atoms with Gasteiger partial charge in [0, 0.05) is 12.6 Å². The maximum Gasteiger partial charge on any atom is 0.00767 e. The SMILES string of the molecule is CCC1CCN(CCCc2ccccc2)CC(C)CN1. The first-order chi connectivity index (χ1) is 9.78. The molecule has 112 valence electrons. The van der Waals surface area contributed by atoms with E-state index in [1.54, 1.807) is 0 Å². The highest BCUT2D eigenvalue weighted by Gasteiger charge is 2.17. The molecule has 1 heterocycles. The van der Waals surface area contributed by atoms with E-state index in [0.29, 0.717) is 0 Å². The lowest BCUT2D eigenvalue weighted by molar-refractivity contribution is 0.195. The van der Waals surface area contributed by atoms with Crippen molar-refractivity contribution in [3.05, 3.63) is 35.9 Å². The summed E-state index contributed by atoms with van der Waals surface area (Å²) in [6.45, 7) is 9.59. The predicted octanol–water partition coefficient (Wildman–Crippen LogP) is 3.33. The summed E-state index contributed by atoms with van der Waals surface area (Å²) >= 11 is 0. The predicted molar refractivity (Wildman–Crippen MR) is 87.1 cm³/mol. The van der Waals surface area contributed by atoms with Crippen molar-refractivity contribution in [3.8, 4) is 0 Å². The fraction of sp³-hybridized carbons (Fsp3) is 0.667. The van der Waals surface area contributed by atoms with E-state index in [1.807, 2.05) is 0 Å². The molecule has 1 aromatic rings. The molecule has 0 saturated carbocycles. The van der Waals surface area contributed by atoms with Gasteiger partial charge in [-0.3, -0.25) is 0 Å². The fourth-order valence-corrected chi connectivity index (χ4v) is 3.11. The Balaban J connectivity index is 1.75.